The summed E-state index contributed by atoms with van der Waals surface area (Å²) in [5.74, 6) is 2.45. The molecule has 1 aromatic heterocycles. The molecule has 1 atom stereocenters. The van der Waals surface area contributed by atoms with Crippen molar-refractivity contribution in [3.63, 3.8) is 0 Å². The first-order valence-corrected chi connectivity index (χ1v) is 6.88. The third kappa shape index (κ3) is 5.42. The summed E-state index contributed by atoms with van der Waals surface area (Å²) < 4.78 is 0. The highest BCUT2D eigenvalue weighted by molar-refractivity contribution is 5.48. The van der Waals surface area contributed by atoms with Crippen molar-refractivity contribution < 1.29 is 5.11 Å². The molecule has 0 aliphatic carbocycles. The lowest BCUT2D eigenvalue weighted by molar-refractivity contribution is 0.188. The first kappa shape index (κ1) is 15.7. The topological polar surface area (TPSA) is 70.1 Å². The second-order valence-electron chi connectivity index (χ2n) is 5.81. The molecule has 0 spiro atoms. The van der Waals surface area contributed by atoms with Crippen LogP contribution in [0.25, 0.3) is 0 Å². The molecule has 0 amide bonds. The van der Waals surface area contributed by atoms with E-state index in [1.807, 2.05) is 13.0 Å². The molecule has 19 heavy (non-hydrogen) atoms. The van der Waals surface area contributed by atoms with Crippen molar-refractivity contribution in [2.75, 3.05) is 23.7 Å². The summed E-state index contributed by atoms with van der Waals surface area (Å²) in [7, 11) is 0. The number of hydrogen-bond donors (Lipinski definition) is 3. The third-order valence-electron chi connectivity index (χ3n) is 2.62. The molecule has 0 saturated carbocycles. The highest BCUT2D eigenvalue weighted by Crippen LogP contribution is 2.22. The summed E-state index contributed by atoms with van der Waals surface area (Å²) in [4.78, 5) is 9.07. The maximum atomic E-state index is 9.27. The van der Waals surface area contributed by atoms with Crippen LogP contribution < -0.4 is 10.6 Å². The number of hydrogen-bond acceptors (Lipinski definition) is 5. The fraction of sp³-hybridized carbons (Fsp3) is 0.714. The summed E-state index contributed by atoms with van der Waals surface area (Å²) in [5.41, 5.74) is -0.0911. The van der Waals surface area contributed by atoms with Crippen LogP contribution >= 0.6 is 0 Å². The molecule has 0 aliphatic rings. The minimum atomic E-state index is -0.301. The molecule has 1 heterocycles. The molecule has 1 unspecified atom stereocenters. The van der Waals surface area contributed by atoms with Gasteiger partial charge in [0, 0.05) is 24.6 Å². The zero-order chi connectivity index (χ0) is 14.5. The van der Waals surface area contributed by atoms with E-state index in [9.17, 15) is 5.11 Å². The van der Waals surface area contributed by atoms with E-state index in [-0.39, 0.29) is 11.5 Å². The van der Waals surface area contributed by atoms with Crippen LogP contribution in [0.3, 0.4) is 0 Å². The molecule has 0 bridgehead atoms. The van der Waals surface area contributed by atoms with Crippen LogP contribution in [-0.4, -0.2) is 34.3 Å². The summed E-state index contributed by atoms with van der Waals surface area (Å²) >= 11 is 0. The Morgan fingerprint density at radius 1 is 1.21 bits per heavy atom. The van der Waals surface area contributed by atoms with Gasteiger partial charge < -0.3 is 15.7 Å². The normalized spacial score (nSPS) is 13.2. The molecule has 3 N–H and O–H groups in total. The fourth-order valence-electron chi connectivity index (χ4n) is 1.55. The van der Waals surface area contributed by atoms with Crippen molar-refractivity contribution >= 4 is 11.6 Å². The molecule has 0 aromatic carbocycles. The molecule has 0 saturated heterocycles. The van der Waals surface area contributed by atoms with Crippen molar-refractivity contribution in [2.24, 2.45) is 0 Å². The Labute approximate surface area is 115 Å². The zero-order valence-corrected chi connectivity index (χ0v) is 12.6. The van der Waals surface area contributed by atoms with E-state index in [0.717, 1.165) is 24.0 Å². The molecule has 0 aliphatic heterocycles. The Morgan fingerprint density at radius 3 is 2.26 bits per heavy atom. The lowest BCUT2D eigenvalue weighted by Crippen LogP contribution is -2.19. The van der Waals surface area contributed by atoms with Gasteiger partial charge in [0.25, 0.3) is 0 Å². The second kappa shape index (κ2) is 6.70. The molecule has 5 nitrogen and oxygen atoms in total. The number of aromatic nitrogens is 2. The lowest BCUT2D eigenvalue weighted by Gasteiger charge is -2.19. The molecule has 5 heteroatoms. The van der Waals surface area contributed by atoms with Gasteiger partial charge in [-0.25, -0.2) is 9.97 Å². The Bertz CT molecular complexity index is 399. The van der Waals surface area contributed by atoms with Crippen LogP contribution in [0.5, 0.6) is 0 Å². The van der Waals surface area contributed by atoms with E-state index in [4.69, 9.17) is 0 Å². The van der Waals surface area contributed by atoms with Crippen LogP contribution in [0.1, 0.15) is 46.9 Å². The van der Waals surface area contributed by atoms with E-state index >= 15 is 0 Å². The monoisotopic (exact) mass is 266 g/mol. The minimum absolute atomic E-state index is 0.0911. The van der Waals surface area contributed by atoms with Crippen LogP contribution in [0, 0.1) is 0 Å². The first-order chi connectivity index (χ1) is 8.82. The summed E-state index contributed by atoms with van der Waals surface area (Å²) in [6.45, 7) is 11.6. The van der Waals surface area contributed by atoms with Gasteiger partial charge in [-0.05, 0) is 20.3 Å². The fourth-order valence-corrected chi connectivity index (χ4v) is 1.55. The largest absolute Gasteiger partial charge is 0.393 e. The molecule has 108 valence electrons. The SMILES string of the molecule is CCNc1cc(NCCC(C)O)nc(C(C)(C)C)n1. The summed E-state index contributed by atoms with van der Waals surface area (Å²) in [6.07, 6.45) is 0.399. The molecule has 0 radical (unpaired) electrons. The van der Waals surface area contributed by atoms with Crippen molar-refractivity contribution in [3.05, 3.63) is 11.9 Å². The minimum Gasteiger partial charge on any atom is -0.393 e. The smallest absolute Gasteiger partial charge is 0.138 e. The molecule has 1 rings (SSSR count). The van der Waals surface area contributed by atoms with Crippen molar-refractivity contribution in [1.82, 2.24) is 9.97 Å². The van der Waals surface area contributed by atoms with E-state index in [1.165, 1.54) is 0 Å². The van der Waals surface area contributed by atoms with Gasteiger partial charge in [0.2, 0.25) is 0 Å². The highest BCUT2D eigenvalue weighted by Gasteiger charge is 2.19. The lowest BCUT2D eigenvalue weighted by atomic mass is 9.96. The Hall–Kier alpha value is -1.36. The van der Waals surface area contributed by atoms with Gasteiger partial charge in [0.05, 0.1) is 6.10 Å². The summed E-state index contributed by atoms with van der Waals surface area (Å²) in [6, 6.07) is 1.90. The quantitative estimate of drug-likeness (QED) is 0.737. The Balaban J connectivity index is 2.87. The first-order valence-electron chi connectivity index (χ1n) is 6.88. The maximum absolute atomic E-state index is 9.27. The Morgan fingerprint density at radius 2 is 1.79 bits per heavy atom. The highest BCUT2D eigenvalue weighted by atomic mass is 16.3. The number of anilines is 2. The van der Waals surface area contributed by atoms with Crippen LogP contribution in [0.4, 0.5) is 11.6 Å². The van der Waals surface area contributed by atoms with Crippen LogP contribution in [-0.2, 0) is 5.41 Å². The predicted octanol–water partition coefficient (Wildman–Crippen LogP) is 2.39. The Kier molecular flexibility index (Phi) is 5.54. The molecular weight excluding hydrogens is 240 g/mol. The second-order valence-corrected chi connectivity index (χ2v) is 5.81. The van der Waals surface area contributed by atoms with Crippen molar-refractivity contribution in [2.45, 2.75) is 52.6 Å². The van der Waals surface area contributed by atoms with Gasteiger partial charge in [-0.3, -0.25) is 0 Å². The number of aliphatic hydroxyl groups is 1. The molecular formula is C14H26N4O. The number of nitrogens with one attached hydrogen (secondary N) is 2. The zero-order valence-electron chi connectivity index (χ0n) is 12.6. The van der Waals surface area contributed by atoms with Gasteiger partial charge in [-0.15, -0.1) is 0 Å². The van der Waals surface area contributed by atoms with Crippen molar-refractivity contribution in [3.8, 4) is 0 Å². The number of nitrogens with zero attached hydrogens (tertiary/aromatic N) is 2. The van der Waals surface area contributed by atoms with Crippen molar-refractivity contribution in [1.29, 1.82) is 0 Å². The third-order valence-corrected chi connectivity index (χ3v) is 2.62. The number of rotatable bonds is 6. The van der Waals surface area contributed by atoms with E-state index in [2.05, 4.69) is 41.4 Å². The molecule has 1 aromatic rings. The summed E-state index contributed by atoms with van der Waals surface area (Å²) in [5, 5.41) is 15.7. The molecule has 0 fully saturated rings. The van der Waals surface area contributed by atoms with E-state index < -0.39 is 0 Å². The van der Waals surface area contributed by atoms with Gasteiger partial charge in [0.1, 0.15) is 17.5 Å². The van der Waals surface area contributed by atoms with Gasteiger partial charge >= 0.3 is 0 Å². The average Bonchev–Trinajstić information content (AvgIpc) is 2.27. The van der Waals surface area contributed by atoms with E-state index in [0.29, 0.717) is 13.0 Å². The van der Waals surface area contributed by atoms with Gasteiger partial charge in [-0.1, -0.05) is 20.8 Å². The number of aliphatic hydroxyl groups excluding tert-OH is 1. The van der Waals surface area contributed by atoms with Crippen LogP contribution in [0.2, 0.25) is 0 Å². The van der Waals surface area contributed by atoms with E-state index in [1.54, 1.807) is 6.92 Å². The van der Waals surface area contributed by atoms with Gasteiger partial charge in [0.15, 0.2) is 0 Å². The maximum Gasteiger partial charge on any atom is 0.138 e. The predicted molar refractivity (Wildman–Crippen MR) is 79.7 cm³/mol. The van der Waals surface area contributed by atoms with Crippen LogP contribution in [0.15, 0.2) is 6.07 Å². The van der Waals surface area contributed by atoms with Gasteiger partial charge in [-0.2, -0.15) is 0 Å². The standard InChI is InChI=1S/C14H26N4O/c1-6-15-11-9-12(16-8-7-10(2)19)18-13(17-11)14(3,4)5/h9-10,19H,6-8H2,1-5H3,(H2,15,16,17,18). The average molecular weight is 266 g/mol.